The summed E-state index contributed by atoms with van der Waals surface area (Å²) >= 11 is 0. The van der Waals surface area contributed by atoms with E-state index in [0.717, 1.165) is 39.7 Å². The molecule has 0 saturated heterocycles. The molecule has 0 saturated carbocycles. The van der Waals surface area contributed by atoms with Gasteiger partial charge in [0, 0.05) is 39.6 Å². The Morgan fingerprint density at radius 1 is 0.561 bits per heavy atom. The largest absolute Gasteiger partial charge is 0.309 e. The van der Waals surface area contributed by atoms with Crippen molar-refractivity contribution in [2.45, 2.75) is 6.42 Å². The van der Waals surface area contributed by atoms with Crippen molar-refractivity contribution in [3.05, 3.63) is 127 Å². The molecule has 0 unspecified atom stereocenters. The standard InChI is InChI=1S/C36H21N5/c1-2-8-22(9-3-1)40-31-13-5-4-10-25(31)33-28-18-21-19-29-27(20-26(21)23(28)14-15-32(33)40)24-11-6-16-37-34(24)41-35(29)39-30-12-7-17-38-36(30)41/h1-17,19-20H,18H2. The van der Waals surface area contributed by atoms with E-state index in [1.165, 1.54) is 55.1 Å². The maximum Gasteiger partial charge on any atom is 0.166 e. The zero-order chi connectivity index (χ0) is 26.7. The summed E-state index contributed by atoms with van der Waals surface area (Å²) in [5, 5.41) is 6.06. The summed E-state index contributed by atoms with van der Waals surface area (Å²) in [4.78, 5) is 14.5. The molecule has 190 valence electrons. The molecular weight excluding hydrogens is 502 g/mol. The molecular formula is C36H21N5. The van der Waals surface area contributed by atoms with Crippen molar-refractivity contribution < 1.29 is 0 Å². The second-order valence-corrected chi connectivity index (χ2v) is 10.9. The van der Waals surface area contributed by atoms with Gasteiger partial charge in [0.2, 0.25) is 0 Å². The van der Waals surface area contributed by atoms with Crippen LogP contribution >= 0.6 is 0 Å². The molecule has 5 aromatic heterocycles. The number of benzene rings is 4. The molecule has 0 aliphatic heterocycles. The first-order valence-electron chi connectivity index (χ1n) is 13.9. The van der Waals surface area contributed by atoms with Gasteiger partial charge in [-0.3, -0.25) is 4.40 Å². The molecule has 0 amide bonds. The molecule has 1 aliphatic carbocycles. The van der Waals surface area contributed by atoms with Crippen LogP contribution in [0, 0.1) is 0 Å². The first-order chi connectivity index (χ1) is 20.3. The van der Waals surface area contributed by atoms with E-state index in [1.54, 1.807) is 0 Å². The van der Waals surface area contributed by atoms with Gasteiger partial charge in [-0.05, 0) is 94.7 Å². The molecule has 0 radical (unpaired) electrons. The summed E-state index contributed by atoms with van der Waals surface area (Å²) in [6.07, 6.45) is 4.56. The van der Waals surface area contributed by atoms with E-state index in [9.17, 15) is 0 Å². The van der Waals surface area contributed by atoms with Gasteiger partial charge in [0.1, 0.15) is 16.8 Å². The van der Waals surface area contributed by atoms with E-state index in [4.69, 9.17) is 9.97 Å². The lowest BCUT2D eigenvalue weighted by molar-refractivity contribution is 1.18. The van der Waals surface area contributed by atoms with Crippen LogP contribution in [-0.2, 0) is 6.42 Å². The minimum absolute atomic E-state index is 0.840. The average molecular weight is 524 g/mol. The third-order valence-corrected chi connectivity index (χ3v) is 8.81. The third kappa shape index (κ3) is 2.68. The average Bonchev–Trinajstić information content (AvgIpc) is 3.70. The Kier molecular flexibility index (Phi) is 3.92. The van der Waals surface area contributed by atoms with Crippen LogP contribution in [0.2, 0.25) is 0 Å². The molecule has 9 aromatic rings. The van der Waals surface area contributed by atoms with E-state index in [-0.39, 0.29) is 0 Å². The highest BCUT2D eigenvalue weighted by atomic mass is 15.1. The van der Waals surface area contributed by atoms with Gasteiger partial charge in [-0.15, -0.1) is 0 Å². The van der Waals surface area contributed by atoms with Crippen LogP contribution in [0.15, 0.2) is 116 Å². The van der Waals surface area contributed by atoms with Gasteiger partial charge in [0.25, 0.3) is 0 Å². The molecule has 0 bridgehead atoms. The zero-order valence-electron chi connectivity index (χ0n) is 21.9. The molecule has 5 heterocycles. The van der Waals surface area contributed by atoms with E-state index in [0.29, 0.717) is 0 Å². The fourth-order valence-electron chi connectivity index (χ4n) is 7.14. The zero-order valence-corrected chi connectivity index (χ0v) is 21.9. The molecule has 4 aromatic carbocycles. The Morgan fingerprint density at radius 2 is 1.37 bits per heavy atom. The Hall–Kier alpha value is -5.55. The van der Waals surface area contributed by atoms with Gasteiger partial charge >= 0.3 is 0 Å². The van der Waals surface area contributed by atoms with Crippen molar-refractivity contribution in [1.29, 1.82) is 0 Å². The van der Waals surface area contributed by atoms with E-state index >= 15 is 0 Å². The van der Waals surface area contributed by atoms with Crippen LogP contribution in [0.3, 0.4) is 0 Å². The van der Waals surface area contributed by atoms with Crippen LogP contribution in [0.25, 0.3) is 77.2 Å². The van der Waals surface area contributed by atoms with Crippen molar-refractivity contribution in [3.63, 3.8) is 0 Å². The van der Waals surface area contributed by atoms with Crippen molar-refractivity contribution in [3.8, 4) is 16.8 Å². The molecule has 0 fully saturated rings. The van der Waals surface area contributed by atoms with Gasteiger partial charge in [0.15, 0.2) is 5.65 Å². The summed E-state index contributed by atoms with van der Waals surface area (Å²) in [5.41, 5.74) is 12.5. The van der Waals surface area contributed by atoms with Gasteiger partial charge in [-0.2, -0.15) is 0 Å². The maximum absolute atomic E-state index is 5.05. The SMILES string of the molecule is c1ccc(-n2c3ccccc3c3c4c(ccc32)-c2cc3c5cccnc5n5c6ncccc6nc5c3cc2C4)cc1. The highest BCUT2D eigenvalue weighted by Crippen LogP contribution is 2.46. The molecule has 10 rings (SSSR count). The van der Waals surface area contributed by atoms with E-state index in [1.807, 2.05) is 30.6 Å². The normalized spacial score (nSPS) is 12.8. The molecule has 5 nitrogen and oxygen atoms in total. The Balaban J connectivity index is 1.31. The second-order valence-electron chi connectivity index (χ2n) is 10.9. The molecule has 0 atom stereocenters. The molecule has 41 heavy (non-hydrogen) atoms. The lowest BCUT2D eigenvalue weighted by Gasteiger charge is -2.10. The summed E-state index contributed by atoms with van der Waals surface area (Å²) in [5.74, 6) is 0. The number of aromatic nitrogens is 5. The van der Waals surface area contributed by atoms with Crippen molar-refractivity contribution in [1.82, 2.24) is 23.9 Å². The quantitative estimate of drug-likeness (QED) is 0.204. The smallest absolute Gasteiger partial charge is 0.166 e. The van der Waals surface area contributed by atoms with Crippen LogP contribution in [0.4, 0.5) is 0 Å². The van der Waals surface area contributed by atoms with Crippen LogP contribution in [-0.4, -0.2) is 23.9 Å². The minimum atomic E-state index is 0.840. The predicted molar refractivity (Wildman–Crippen MR) is 166 cm³/mol. The first-order valence-corrected chi connectivity index (χ1v) is 13.9. The molecule has 5 heteroatoms. The molecule has 0 N–H and O–H groups in total. The van der Waals surface area contributed by atoms with Gasteiger partial charge in [-0.1, -0.05) is 42.5 Å². The van der Waals surface area contributed by atoms with Crippen LogP contribution < -0.4 is 0 Å². The number of para-hydroxylation sites is 2. The predicted octanol–water partition coefficient (Wildman–Crippen LogP) is 8.25. The van der Waals surface area contributed by atoms with Gasteiger partial charge in [-0.25, -0.2) is 15.0 Å². The number of fused-ring (bicyclic) bond motifs is 15. The maximum atomic E-state index is 5.05. The van der Waals surface area contributed by atoms with E-state index < -0.39 is 0 Å². The topological polar surface area (TPSA) is 48.0 Å². The fourth-order valence-corrected chi connectivity index (χ4v) is 7.14. The summed E-state index contributed by atoms with van der Waals surface area (Å²) < 4.78 is 4.52. The number of pyridine rings is 3. The monoisotopic (exact) mass is 523 g/mol. The molecule has 0 spiro atoms. The lowest BCUT2D eigenvalue weighted by atomic mass is 9.98. The van der Waals surface area contributed by atoms with E-state index in [2.05, 4.69) is 98.9 Å². The number of imidazole rings is 1. The lowest BCUT2D eigenvalue weighted by Crippen LogP contribution is -1.95. The highest BCUT2D eigenvalue weighted by Gasteiger charge is 2.26. The summed E-state index contributed by atoms with van der Waals surface area (Å²) in [6.45, 7) is 0. The van der Waals surface area contributed by atoms with Gasteiger partial charge in [0.05, 0.1) is 11.0 Å². The number of hydrogen-bond acceptors (Lipinski definition) is 3. The highest BCUT2D eigenvalue weighted by molar-refractivity contribution is 6.17. The summed E-state index contributed by atoms with van der Waals surface area (Å²) in [6, 6.07) is 37.0. The van der Waals surface area contributed by atoms with Gasteiger partial charge < -0.3 is 4.57 Å². The van der Waals surface area contributed by atoms with Crippen molar-refractivity contribution in [2.75, 3.05) is 0 Å². The second kappa shape index (κ2) is 7.55. The van der Waals surface area contributed by atoms with Crippen molar-refractivity contribution >= 4 is 60.4 Å². The van der Waals surface area contributed by atoms with Crippen LogP contribution in [0.5, 0.6) is 0 Å². The minimum Gasteiger partial charge on any atom is -0.309 e. The number of rotatable bonds is 1. The summed E-state index contributed by atoms with van der Waals surface area (Å²) in [7, 11) is 0. The molecule has 1 aliphatic rings. The number of hydrogen-bond donors (Lipinski definition) is 0. The third-order valence-electron chi connectivity index (χ3n) is 8.81. The Morgan fingerprint density at radius 3 is 2.29 bits per heavy atom. The van der Waals surface area contributed by atoms with Crippen molar-refractivity contribution in [2.24, 2.45) is 0 Å². The fraction of sp³-hybridized carbons (Fsp3) is 0.0278. The first kappa shape index (κ1) is 21.3. The Labute approximate surface area is 234 Å². The number of nitrogens with zero attached hydrogens (tertiary/aromatic N) is 5. The van der Waals surface area contributed by atoms with Crippen LogP contribution in [0.1, 0.15) is 11.1 Å². The Bertz CT molecular complexity index is 2550.